The molecule has 0 bridgehead atoms. The summed E-state index contributed by atoms with van der Waals surface area (Å²) in [5.41, 5.74) is 6.83. The minimum absolute atomic E-state index is 0.823. The van der Waals surface area contributed by atoms with Crippen LogP contribution in [0, 0.1) is 20.8 Å². The zero-order valence-electron chi connectivity index (χ0n) is 14.4. The summed E-state index contributed by atoms with van der Waals surface area (Å²) in [5, 5.41) is 8.41. The van der Waals surface area contributed by atoms with Crippen LogP contribution in [0.1, 0.15) is 27.9 Å². The summed E-state index contributed by atoms with van der Waals surface area (Å²) in [7, 11) is 1.66. The Morgan fingerprint density at radius 2 is 1.62 bits per heavy atom. The highest BCUT2D eigenvalue weighted by Gasteiger charge is 2.03. The molecule has 0 aliphatic heterocycles. The third-order valence-corrected chi connectivity index (χ3v) is 4.01. The molecule has 0 radical (unpaired) electrons. The molecule has 1 heterocycles. The molecule has 0 aliphatic rings. The Hall–Kier alpha value is -2.88. The number of hydrogen-bond acceptors (Lipinski definition) is 3. The van der Waals surface area contributed by atoms with Crippen molar-refractivity contribution in [3.05, 3.63) is 70.5 Å². The van der Waals surface area contributed by atoms with Crippen molar-refractivity contribution < 1.29 is 4.74 Å². The van der Waals surface area contributed by atoms with Crippen LogP contribution in [0.25, 0.3) is 17.8 Å². The Bertz CT molecular complexity index is 853. The first-order chi connectivity index (χ1) is 11.6. The van der Waals surface area contributed by atoms with Crippen LogP contribution in [0.5, 0.6) is 5.75 Å². The third-order valence-electron chi connectivity index (χ3n) is 4.01. The predicted molar refractivity (Wildman–Crippen MR) is 97.5 cm³/mol. The molecule has 2 aromatic carbocycles. The van der Waals surface area contributed by atoms with Gasteiger partial charge >= 0.3 is 0 Å². The van der Waals surface area contributed by atoms with E-state index in [1.165, 1.54) is 22.3 Å². The maximum absolute atomic E-state index is 5.17. The average Bonchev–Trinajstić information content (AvgIpc) is 3.03. The number of benzene rings is 2. The van der Waals surface area contributed by atoms with Crippen LogP contribution in [0.15, 0.2) is 42.6 Å². The Kier molecular flexibility index (Phi) is 4.47. The van der Waals surface area contributed by atoms with E-state index in [0.717, 1.165) is 17.1 Å². The van der Waals surface area contributed by atoms with Crippen LogP contribution in [-0.2, 0) is 0 Å². The summed E-state index contributed by atoms with van der Waals surface area (Å²) in [6.45, 7) is 6.38. The Labute approximate surface area is 142 Å². The van der Waals surface area contributed by atoms with Crippen molar-refractivity contribution in [3.8, 4) is 11.4 Å². The first-order valence-corrected chi connectivity index (χ1v) is 7.89. The summed E-state index contributed by atoms with van der Waals surface area (Å²) >= 11 is 0. The lowest BCUT2D eigenvalue weighted by Crippen LogP contribution is -1.94. The molecule has 0 atom stereocenters. The van der Waals surface area contributed by atoms with Crippen LogP contribution < -0.4 is 4.74 Å². The highest BCUT2D eigenvalue weighted by atomic mass is 16.5. The van der Waals surface area contributed by atoms with Gasteiger partial charge in [0, 0.05) is 0 Å². The second-order valence-corrected chi connectivity index (χ2v) is 5.93. The molecule has 4 heteroatoms. The lowest BCUT2D eigenvalue weighted by atomic mass is 9.99. The SMILES string of the molecule is COc1ccc(-n2cc(/C=C\c3c(C)cc(C)cc3C)nn2)cc1. The largest absolute Gasteiger partial charge is 0.497 e. The van der Waals surface area contributed by atoms with Crippen LogP contribution in [-0.4, -0.2) is 22.1 Å². The molecule has 0 fully saturated rings. The molecule has 4 nitrogen and oxygen atoms in total. The third kappa shape index (κ3) is 3.38. The van der Waals surface area contributed by atoms with Gasteiger partial charge in [0.15, 0.2) is 0 Å². The van der Waals surface area contributed by atoms with E-state index in [1.807, 2.05) is 36.5 Å². The van der Waals surface area contributed by atoms with Crippen molar-refractivity contribution in [2.45, 2.75) is 20.8 Å². The molecule has 0 saturated carbocycles. The highest BCUT2D eigenvalue weighted by molar-refractivity contribution is 5.71. The van der Waals surface area contributed by atoms with Gasteiger partial charge in [-0.05, 0) is 67.8 Å². The predicted octanol–water partition coefficient (Wildman–Crippen LogP) is 4.37. The summed E-state index contributed by atoms with van der Waals surface area (Å²) < 4.78 is 6.93. The number of rotatable bonds is 4. The Balaban J connectivity index is 1.83. The second kappa shape index (κ2) is 6.71. The van der Waals surface area contributed by atoms with E-state index in [1.54, 1.807) is 11.8 Å². The fourth-order valence-corrected chi connectivity index (χ4v) is 2.84. The molecule has 0 amide bonds. The van der Waals surface area contributed by atoms with Crippen LogP contribution in [0.2, 0.25) is 0 Å². The van der Waals surface area contributed by atoms with E-state index in [2.05, 4.69) is 49.3 Å². The van der Waals surface area contributed by atoms with Gasteiger partial charge in [0.05, 0.1) is 19.0 Å². The van der Waals surface area contributed by atoms with Gasteiger partial charge in [0.1, 0.15) is 11.4 Å². The van der Waals surface area contributed by atoms with Gasteiger partial charge in [-0.25, -0.2) is 4.68 Å². The van der Waals surface area contributed by atoms with Crippen LogP contribution in [0.3, 0.4) is 0 Å². The maximum Gasteiger partial charge on any atom is 0.119 e. The number of aromatic nitrogens is 3. The zero-order valence-corrected chi connectivity index (χ0v) is 14.4. The fourth-order valence-electron chi connectivity index (χ4n) is 2.84. The minimum Gasteiger partial charge on any atom is -0.497 e. The van der Waals surface area contributed by atoms with E-state index in [0.29, 0.717) is 0 Å². The zero-order chi connectivity index (χ0) is 17.1. The summed E-state index contributed by atoms with van der Waals surface area (Å²) in [6.07, 6.45) is 6.02. The molecule has 0 unspecified atom stereocenters. The molecule has 0 aliphatic carbocycles. The van der Waals surface area contributed by atoms with Gasteiger partial charge in [0.25, 0.3) is 0 Å². The first kappa shape index (κ1) is 16.0. The van der Waals surface area contributed by atoms with E-state index >= 15 is 0 Å². The van der Waals surface area contributed by atoms with Crippen molar-refractivity contribution in [2.24, 2.45) is 0 Å². The average molecular weight is 319 g/mol. The van der Waals surface area contributed by atoms with Crippen LogP contribution >= 0.6 is 0 Å². The van der Waals surface area contributed by atoms with Gasteiger partial charge in [-0.3, -0.25) is 0 Å². The van der Waals surface area contributed by atoms with Gasteiger partial charge < -0.3 is 4.74 Å². The van der Waals surface area contributed by atoms with Crippen molar-refractivity contribution >= 4 is 12.2 Å². The second-order valence-electron chi connectivity index (χ2n) is 5.93. The fraction of sp³-hybridized carbons (Fsp3) is 0.200. The van der Waals surface area contributed by atoms with E-state index in [9.17, 15) is 0 Å². The monoisotopic (exact) mass is 319 g/mol. The lowest BCUT2D eigenvalue weighted by molar-refractivity contribution is 0.414. The number of aryl methyl sites for hydroxylation is 3. The summed E-state index contributed by atoms with van der Waals surface area (Å²) in [4.78, 5) is 0. The van der Waals surface area contributed by atoms with Crippen molar-refractivity contribution in [3.63, 3.8) is 0 Å². The molecule has 3 aromatic rings. The van der Waals surface area contributed by atoms with Crippen molar-refractivity contribution in [1.29, 1.82) is 0 Å². The molecule has 122 valence electrons. The van der Waals surface area contributed by atoms with Crippen molar-refractivity contribution in [2.75, 3.05) is 7.11 Å². The smallest absolute Gasteiger partial charge is 0.119 e. The number of nitrogens with zero attached hydrogens (tertiary/aromatic N) is 3. The standard InChI is InChI=1S/C20H21N3O/c1-14-11-15(2)20(16(3)12-14)10-5-17-13-23(22-21-17)18-6-8-19(24-4)9-7-18/h5-13H,1-4H3/b10-5-. The van der Waals surface area contributed by atoms with Gasteiger partial charge in [0.2, 0.25) is 0 Å². The number of methoxy groups -OCH3 is 1. The molecule has 24 heavy (non-hydrogen) atoms. The molecule has 3 rings (SSSR count). The quantitative estimate of drug-likeness (QED) is 0.717. The van der Waals surface area contributed by atoms with Gasteiger partial charge in [-0.2, -0.15) is 0 Å². The topological polar surface area (TPSA) is 39.9 Å². The summed E-state index contributed by atoms with van der Waals surface area (Å²) in [6, 6.07) is 12.1. The Morgan fingerprint density at radius 1 is 0.958 bits per heavy atom. The number of hydrogen-bond donors (Lipinski definition) is 0. The van der Waals surface area contributed by atoms with E-state index < -0.39 is 0 Å². The van der Waals surface area contributed by atoms with Gasteiger partial charge in [-0.15, -0.1) is 5.10 Å². The van der Waals surface area contributed by atoms with E-state index in [4.69, 9.17) is 4.74 Å². The normalized spacial score (nSPS) is 11.2. The van der Waals surface area contributed by atoms with Gasteiger partial charge in [-0.1, -0.05) is 29.0 Å². The summed E-state index contributed by atoms with van der Waals surface area (Å²) in [5.74, 6) is 0.823. The molecule has 0 N–H and O–H groups in total. The molecular formula is C20H21N3O. The number of ether oxygens (including phenoxy) is 1. The highest BCUT2D eigenvalue weighted by Crippen LogP contribution is 2.19. The van der Waals surface area contributed by atoms with Crippen LogP contribution in [0.4, 0.5) is 0 Å². The first-order valence-electron chi connectivity index (χ1n) is 7.89. The van der Waals surface area contributed by atoms with Crippen molar-refractivity contribution in [1.82, 2.24) is 15.0 Å². The maximum atomic E-state index is 5.17. The Morgan fingerprint density at radius 3 is 2.25 bits per heavy atom. The molecule has 1 aromatic heterocycles. The minimum atomic E-state index is 0.823. The lowest BCUT2D eigenvalue weighted by Gasteiger charge is -2.06. The van der Waals surface area contributed by atoms with E-state index in [-0.39, 0.29) is 0 Å². The molecule has 0 spiro atoms. The molecule has 0 saturated heterocycles. The molecular weight excluding hydrogens is 298 g/mol.